The molecule has 1 atom stereocenters. The molecule has 1 aliphatic rings. The average Bonchev–Trinajstić information content (AvgIpc) is 2.52. The highest BCUT2D eigenvalue weighted by molar-refractivity contribution is 7.99. The summed E-state index contributed by atoms with van der Waals surface area (Å²) >= 11 is 3.83. The molecular weight excluding hydrogens is 304 g/mol. The third-order valence-electron chi connectivity index (χ3n) is 3.31. The molecule has 1 fully saturated rings. The van der Waals surface area contributed by atoms with E-state index in [4.69, 9.17) is 10.5 Å². The molecule has 1 aliphatic heterocycles. The Hall–Kier alpha value is -0.850. The van der Waals surface area contributed by atoms with Gasteiger partial charge in [-0.3, -0.25) is 0 Å². The Morgan fingerprint density at radius 3 is 2.71 bits per heavy atom. The van der Waals surface area contributed by atoms with Crippen LogP contribution in [0.3, 0.4) is 0 Å². The van der Waals surface area contributed by atoms with Crippen molar-refractivity contribution in [2.24, 2.45) is 5.73 Å². The van der Waals surface area contributed by atoms with Crippen LogP contribution in [0.2, 0.25) is 0 Å². The number of carbonyl (C=O) groups excluding carboxylic acids is 1. The number of nitrogens with two attached hydrogens (primary N) is 1. The van der Waals surface area contributed by atoms with E-state index in [-0.39, 0.29) is 5.25 Å². The molecule has 1 aromatic carbocycles. The summed E-state index contributed by atoms with van der Waals surface area (Å²) in [6, 6.07) is 10.4. The fraction of sp³-hybridized carbons (Fsp3) is 0.533. The van der Waals surface area contributed by atoms with Crippen LogP contribution in [0.15, 0.2) is 30.3 Å². The predicted octanol–water partition coefficient (Wildman–Crippen LogP) is 2.43. The summed E-state index contributed by atoms with van der Waals surface area (Å²) in [5.41, 5.74) is 6.39. The second-order valence-electron chi connectivity index (χ2n) is 4.96. The maximum absolute atomic E-state index is 10.8. The van der Waals surface area contributed by atoms with E-state index < -0.39 is 6.09 Å². The third-order valence-corrected chi connectivity index (χ3v) is 5.50. The largest absolute Gasteiger partial charge is 0.448 e. The first-order valence-electron chi connectivity index (χ1n) is 7.12. The van der Waals surface area contributed by atoms with Crippen LogP contribution >= 0.6 is 23.5 Å². The Balaban J connectivity index is 1.83. The lowest BCUT2D eigenvalue weighted by atomic mass is 10.2. The van der Waals surface area contributed by atoms with Gasteiger partial charge in [0.15, 0.2) is 0 Å². The zero-order valence-electron chi connectivity index (χ0n) is 12.1. The highest BCUT2D eigenvalue weighted by atomic mass is 32.2. The maximum Gasteiger partial charge on any atom is 0.404 e. The summed E-state index contributed by atoms with van der Waals surface area (Å²) in [5, 5.41) is 0.265. The highest BCUT2D eigenvalue weighted by Gasteiger charge is 2.18. The molecule has 0 saturated carbocycles. The fourth-order valence-corrected chi connectivity index (χ4v) is 4.27. The summed E-state index contributed by atoms with van der Waals surface area (Å²) in [4.78, 5) is 13.3. The molecule has 0 bridgehead atoms. The first kappa shape index (κ1) is 16.5. The van der Waals surface area contributed by atoms with Gasteiger partial charge in [-0.05, 0) is 5.56 Å². The van der Waals surface area contributed by atoms with E-state index >= 15 is 0 Å². The minimum Gasteiger partial charge on any atom is -0.448 e. The highest BCUT2D eigenvalue weighted by Crippen LogP contribution is 2.20. The molecule has 0 aliphatic carbocycles. The number of hydrogen-bond donors (Lipinski definition) is 1. The van der Waals surface area contributed by atoms with Crippen LogP contribution in [0.4, 0.5) is 4.79 Å². The number of benzene rings is 1. The van der Waals surface area contributed by atoms with Crippen molar-refractivity contribution in [3.05, 3.63) is 35.9 Å². The lowest BCUT2D eigenvalue weighted by Gasteiger charge is -2.29. The van der Waals surface area contributed by atoms with Gasteiger partial charge in [-0.25, -0.2) is 4.79 Å². The monoisotopic (exact) mass is 326 g/mol. The van der Waals surface area contributed by atoms with Crippen LogP contribution in [0.25, 0.3) is 0 Å². The molecule has 1 amide bonds. The van der Waals surface area contributed by atoms with Crippen molar-refractivity contribution in [1.82, 2.24) is 4.90 Å². The normalized spacial score (nSPS) is 17.3. The molecule has 2 N–H and O–H groups in total. The molecular formula is C15H22N2O2S2. The maximum atomic E-state index is 10.8. The Morgan fingerprint density at radius 2 is 2.05 bits per heavy atom. The molecule has 6 heteroatoms. The number of carbonyl (C=O) groups is 1. The number of amides is 1. The molecule has 1 aromatic rings. The van der Waals surface area contributed by atoms with E-state index in [0.29, 0.717) is 6.61 Å². The molecule has 0 radical (unpaired) electrons. The zero-order chi connectivity index (χ0) is 14.9. The second kappa shape index (κ2) is 9.23. The van der Waals surface area contributed by atoms with Crippen LogP contribution in [0.1, 0.15) is 5.56 Å². The van der Waals surface area contributed by atoms with Crippen LogP contribution in [0, 0.1) is 0 Å². The van der Waals surface area contributed by atoms with Gasteiger partial charge in [0.2, 0.25) is 0 Å². The number of thioether (sulfide) groups is 2. The van der Waals surface area contributed by atoms with Gasteiger partial charge in [-0.1, -0.05) is 30.3 Å². The first-order chi connectivity index (χ1) is 10.2. The molecule has 21 heavy (non-hydrogen) atoms. The van der Waals surface area contributed by atoms with Crippen molar-refractivity contribution in [2.75, 3.05) is 37.7 Å². The Labute approximate surface area is 134 Å². The molecule has 1 saturated heterocycles. The average molecular weight is 326 g/mol. The van der Waals surface area contributed by atoms with E-state index in [1.165, 1.54) is 17.1 Å². The van der Waals surface area contributed by atoms with Crippen molar-refractivity contribution in [3.8, 4) is 0 Å². The van der Waals surface area contributed by atoms with Crippen LogP contribution < -0.4 is 5.73 Å². The third kappa shape index (κ3) is 6.63. The molecule has 4 nitrogen and oxygen atoms in total. The quantitative estimate of drug-likeness (QED) is 0.834. The lowest BCUT2D eigenvalue weighted by molar-refractivity contribution is 0.151. The van der Waals surface area contributed by atoms with Gasteiger partial charge in [0.25, 0.3) is 0 Å². The van der Waals surface area contributed by atoms with E-state index in [1.54, 1.807) is 0 Å². The van der Waals surface area contributed by atoms with Crippen molar-refractivity contribution >= 4 is 29.6 Å². The molecule has 0 spiro atoms. The minimum atomic E-state index is -0.686. The van der Waals surface area contributed by atoms with E-state index in [0.717, 1.165) is 25.4 Å². The topological polar surface area (TPSA) is 55.6 Å². The lowest BCUT2D eigenvalue weighted by Crippen LogP contribution is -2.39. The van der Waals surface area contributed by atoms with Crippen LogP contribution in [-0.4, -0.2) is 54.0 Å². The second-order valence-corrected chi connectivity index (χ2v) is 7.48. The van der Waals surface area contributed by atoms with Crippen molar-refractivity contribution < 1.29 is 9.53 Å². The van der Waals surface area contributed by atoms with E-state index in [2.05, 4.69) is 17.0 Å². The predicted molar refractivity (Wildman–Crippen MR) is 90.8 cm³/mol. The van der Waals surface area contributed by atoms with Gasteiger partial charge in [0.1, 0.15) is 6.61 Å². The summed E-state index contributed by atoms with van der Waals surface area (Å²) in [6.07, 6.45) is -0.686. The van der Waals surface area contributed by atoms with E-state index in [9.17, 15) is 4.79 Å². The first-order valence-corrected chi connectivity index (χ1v) is 9.32. The molecule has 1 unspecified atom stereocenters. The number of rotatable bonds is 7. The van der Waals surface area contributed by atoms with Crippen molar-refractivity contribution in [3.63, 3.8) is 0 Å². The molecule has 116 valence electrons. The molecule has 1 heterocycles. The van der Waals surface area contributed by atoms with Gasteiger partial charge >= 0.3 is 6.09 Å². The van der Waals surface area contributed by atoms with Crippen LogP contribution in [-0.2, 0) is 10.5 Å². The van der Waals surface area contributed by atoms with Gasteiger partial charge in [0.05, 0.1) is 5.25 Å². The fourth-order valence-electron chi connectivity index (χ4n) is 2.19. The number of hydrogen-bond acceptors (Lipinski definition) is 5. The summed E-state index contributed by atoms with van der Waals surface area (Å²) in [7, 11) is 0. The summed E-state index contributed by atoms with van der Waals surface area (Å²) < 4.78 is 5.02. The zero-order valence-corrected chi connectivity index (χ0v) is 13.7. The number of ether oxygens (including phenoxy) is 1. The number of nitrogens with zero attached hydrogens (tertiary/aromatic N) is 1. The van der Waals surface area contributed by atoms with Crippen molar-refractivity contribution in [2.45, 2.75) is 11.0 Å². The Morgan fingerprint density at radius 1 is 1.33 bits per heavy atom. The SMILES string of the molecule is NC(=O)OCC(CN1CCSCC1)SCc1ccccc1. The van der Waals surface area contributed by atoms with Gasteiger partial charge in [0, 0.05) is 36.9 Å². The standard InChI is InChI=1S/C15H22N2O2S2/c16-15(18)19-11-14(10-17-6-8-20-9-7-17)21-12-13-4-2-1-3-5-13/h1-5,14H,6-12H2,(H2,16,18). The summed E-state index contributed by atoms with van der Waals surface area (Å²) in [6.45, 7) is 3.56. The molecule has 0 aromatic heterocycles. The Bertz CT molecular complexity index is 425. The Kier molecular flexibility index (Phi) is 7.26. The van der Waals surface area contributed by atoms with Gasteiger partial charge in [-0.15, -0.1) is 11.8 Å². The van der Waals surface area contributed by atoms with E-state index in [1.807, 2.05) is 41.7 Å². The number of primary amides is 1. The van der Waals surface area contributed by atoms with Crippen molar-refractivity contribution in [1.29, 1.82) is 0 Å². The minimum absolute atomic E-state index is 0.265. The summed E-state index contributed by atoms with van der Waals surface area (Å²) in [5.74, 6) is 3.30. The van der Waals surface area contributed by atoms with Gasteiger partial charge < -0.3 is 15.4 Å². The van der Waals surface area contributed by atoms with Gasteiger partial charge in [-0.2, -0.15) is 11.8 Å². The van der Waals surface area contributed by atoms with Crippen LogP contribution in [0.5, 0.6) is 0 Å². The molecule has 2 rings (SSSR count). The smallest absolute Gasteiger partial charge is 0.404 e.